The Morgan fingerprint density at radius 1 is 0.911 bits per heavy atom. The second kappa shape index (κ2) is 12.4. The summed E-state index contributed by atoms with van der Waals surface area (Å²) in [5.41, 5.74) is 0.560. The summed E-state index contributed by atoms with van der Waals surface area (Å²) in [5.74, 6) is -1.46. The number of alkyl halides is 3. The van der Waals surface area contributed by atoms with Gasteiger partial charge in [-0.1, -0.05) is 26.8 Å². The summed E-state index contributed by atoms with van der Waals surface area (Å²) in [6.45, 7) is 10.6. The second-order valence-electron chi connectivity index (χ2n) is 12.4. The maximum absolute atomic E-state index is 14.2. The van der Waals surface area contributed by atoms with E-state index in [9.17, 15) is 27.6 Å². The molecule has 0 unspecified atom stereocenters. The monoisotopic (exact) mass is 624 g/mol. The highest BCUT2D eigenvalue weighted by Crippen LogP contribution is 2.38. The number of hydrogen-bond donors (Lipinski definition) is 0. The summed E-state index contributed by atoms with van der Waals surface area (Å²) in [7, 11) is 1.25. The first-order valence-corrected chi connectivity index (χ1v) is 14.2. The number of fused-ring (bicyclic) bond motifs is 1. The first-order valence-electron chi connectivity index (χ1n) is 14.2. The molecule has 0 fully saturated rings. The summed E-state index contributed by atoms with van der Waals surface area (Å²) in [6, 6.07) is 13.4. The van der Waals surface area contributed by atoms with Gasteiger partial charge >= 0.3 is 12.3 Å². The number of methoxy groups -OCH3 is 1. The molecule has 3 heterocycles. The molecular weight excluding hydrogens is 589 g/mol. The zero-order chi connectivity index (χ0) is 33.3. The molecule has 45 heavy (non-hydrogen) atoms. The number of halogens is 3. The Labute approximate surface area is 259 Å². The minimum Gasteiger partial charge on any atom is -0.487 e. The van der Waals surface area contributed by atoms with Crippen LogP contribution in [0.25, 0.3) is 5.52 Å². The Kier molecular flexibility index (Phi) is 9.14. The SMILES string of the molecule is COC(=O)C(C)(C)Cc1c(C(=O)C(C)(C)C)c2cc(OCc3cccc(C)n3)ccn2c1C(=O)c1ccc(OC(F)(F)F)cc1. The molecule has 0 aliphatic rings. The third kappa shape index (κ3) is 7.53. The molecule has 0 saturated heterocycles. The third-order valence-corrected chi connectivity index (χ3v) is 7.17. The van der Waals surface area contributed by atoms with Crippen molar-refractivity contribution >= 4 is 23.1 Å². The van der Waals surface area contributed by atoms with Crippen molar-refractivity contribution in [1.82, 2.24) is 9.38 Å². The van der Waals surface area contributed by atoms with Crippen molar-refractivity contribution in [3.8, 4) is 11.5 Å². The lowest BCUT2D eigenvalue weighted by atomic mass is 9.79. The molecule has 4 rings (SSSR count). The molecule has 0 aliphatic heterocycles. The van der Waals surface area contributed by atoms with E-state index < -0.39 is 34.7 Å². The maximum atomic E-state index is 14.2. The highest BCUT2D eigenvalue weighted by molar-refractivity contribution is 6.15. The van der Waals surface area contributed by atoms with Crippen LogP contribution in [0.15, 0.2) is 60.8 Å². The van der Waals surface area contributed by atoms with E-state index in [1.54, 1.807) is 57.3 Å². The molecular formula is C34H35F3N2O6. The summed E-state index contributed by atoms with van der Waals surface area (Å²) < 4.78 is 54.8. The Bertz CT molecular complexity index is 1750. The van der Waals surface area contributed by atoms with Crippen LogP contribution in [0.2, 0.25) is 0 Å². The number of carbonyl (C=O) groups excluding carboxylic acids is 3. The van der Waals surface area contributed by atoms with Crippen molar-refractivity contribution < 1.29 is 41.8 Å². The van der Waals surface area contributed by atoms with Gasteiger partial charge in [-0.2, -0.15) is 0 Å². The molecule has 0 radical (unpaired) electrons. The molecule has 3 aromatic heterocycles. The van der Waals surface area contributed by atoms with E-state index in [1.807, 2.05) is 25.1 Å². The molecule has 0 bridgehead atoms. The second-order valence-corrected chi connectivity index (χ2v) is 12.4. The first kappa shape index (κ1) is 33.2. The molecule has 8 nitrogen and oxygen atoms in total. The number of Topliss-reactive ketones (excluding diaryl/α,β-unsaturated/α-hetero) is 1. The Morgan fingerprint density at radius 3 is 2.16 bits per heavy atom. The van der Waals surface area contributed by atoms with Crippen molar-refractivity contribution in [2.75, 3.05) is 7.11 Å². The summed E-state index contributed by atoms with van der Waals surface area (Å²) in [4.78, 5) is 45.5. The zero-order valence-corrected chi connectivity index (χ0v) is 26.2. The first-order chi connectivity index (χ1) is 20.9. The fourth-order valence-electron chi connectivity index (χ4n) is 5.00. The number of ketones is 2. The number of aromatic nitrogens is 2. The van der Waals surface area contributed by atoms with Gasteiger partial charge in [-0.15, -0.1) is 13.2 Å². The zero-order valence-electron chi connectivity index (χ0n) is 26.2. The lowest BCUT2D eigenvalue weighted by Crippen LogP contribution is -2.30. The van der Waals surface area contributed by atoms with Gasteiger partial charge in [-0.3, -0.25) is 19.4 Å². The van der Waals surface area contributed by atoms with Gasteiger partial charge < -0.3 is 18.6 Å². The van der Waals surface area contributed by atoms with Crippen molar-refractivity contribution in [3.63, 3.8) is 0 Å². The Hall–Kier alpha value is -4.67. The molecule has 0 aliphatic carbocycles. The van der Waals surface area contributed by atoms with Crippen LogP contribution >= 0.6 is 0 Å². The predicted molar refractivity (Wildman–Crippen MR) is 161 cm³/mol. The van der Waals surface area contributed by atoms with E-state index in [0.29, 0.717) is 22.5 Å². The van der Waals surface area contributed by atoms with Crippen LogP contribution < -0.4 is 9.47 Å². The molecule has 0 saturated carbocycles. The molecule has 0 N–H and O–H groups in total. The normalized spacial score (nSPS) is 12.2. The highest BCUT2D eigenvalue weighted by Gasteiger charge is 2.38. The lowest BCUT2D eigenvalue weighted by molar-refractivity contribution is -0.274. The van der Waals surface area contributed by atoms with E-state index in [-0.39, 0.29) is 35.6 Å². The number of ether oxygens (including phenoxy) is 3. The minimum atomic E-state index is -4.90. The van der Waals surface area contributed by atoms with Gasteiger partial charge in [0.05, 0.1) is 29.4 Å². The molecule has 1 aromatic carbocycles. The van der Waals surface area contributed by atoms with E-state index in [1.165, 1.54) is 19.2 Å². The van der Waals surface area contributed by atoms with Crippen LogP contribution in [0.3, 0.4) is 0 Å². The Morgan fingerprint density at radius 2 is 1.58 bits per heavy atom. The molecule has 0 amide bonds. The molecule has 4 aromatic rings. The van der Waals surface area contributed by atoms with Crippen molar-refractivity contribution in [3.05, 3.63) is 94.6 Å². The smallest absolute Gasteiger partial charge is 0.487 e. The van der Waals surface area contributed by atoms with Gasteiger partial charge in [-0.05, 0) is 75.2 Å². The maximum Gasteiger partial charge on any atom is 0.573 e. The lowest BCUT2D eigenvalue weighted by Gasteiger charge is -2.24. The van der Waals surface area contributed by atoms with Crippen molar-refractivity contribution in [2.45, 2.75) is 60.9 Å². The van der Waals surface area contributed by atoms with Crippen LogP contribution in [0.4, 0.5) is 13.2 Å². The fraction of sp³-hybridized carbons (Fsp3) is 0.353. The van der Waals surface area contributed by atoms with Gasteiger partial charge in [0.2, 0.25) is 5.78 Å². The summed E-state index contributed by atoms with van der Waals surface area (Å²) in [6.07, 6.45) is -3.34. The largest absolute Gasteiger partial charge is 0.573 e. The van der Waals surface area contributed by atoms with E-state index >= 15 is 0 Å². The number of pyridine rings is 2. The van der Waals surface area contributed by atoms with Gasteiger partial charge in [-0.25, -0.2) is 0 Å². The fourth-order valence-corrected chi connectivity index (χ4v) is 5.00. The van der Waals surface area contributed by atoms with Gasteiger partial charge in [0.25, 0.3) is 0 Å². The Balaban J connectivity index is 1.92. The van der Waals surface area contributed by atoms with Crippen LogP contribution in [0.5, 0.6) is 11.5 Å². The van der Waals surface area contributed by atoms with Gasteiger partial charge in [0.15, 0.2) is 5.78 Å². The molecule has 238 valence electrons. The minimum absolute atomic E-state index is 0.0434. The quantitative estimate of drug-likeness (QED) is 0.135. The standard InChI is InChI=1S/C34H35F3N2O6/c1-20-9-8-10-22(38-20)19-44-24-15-16-39-26(17-24)27(30(41)32(2,3)4)25(18-33(5,6)31(42)43-7)28(39)29(40)21-11-13-23(14-12-21)45-34(35,36)37/h8-17H,18-19H2,1-7H3. The van der Waals surface area contributed by atoms with Gasteiger partial charge in [0, 0.05) is 34.5 Å². The van der Waals surface area contributed by atoms with Crippen LogP contribution in [0.1, 0.15) is 78.0 Å². The number of benzene rings is 1. The van der Waals surface area contributed by atoms with E-state index in [0.717, 1.165) is 17.8 Å². The van der Waals surface area contributed by atoms with E-state index in [4.69, 9.17) is 9.47 Å². The van der Waals surface area contributed by atoms with E-state index in [2.05, 4.69) is 9.72 Å². The molecule has 0 spiro atoms. The number of rotatable bonds is 10. The predicted octanol–water partition coefficient (Wildman–Crippen LogP) is 7.32. The summed E-state index contributed by atoms with van der Waals surface area (Å²) in [5, 5.41) is 0. The third-order valence-electron chi connectivity index (χ3n) is 7.17. The topological polar surface area (TPSA) is 96.2 Å². The van der Waals surface area contributed by atoms with Crippen LogP contribution in [-0.2, 0) is 22.6 Å². The number of hydrogen-bond acceptors (Lipinski definition) is 7. The molecule has 0 atom stereocenters. The van der Waals surface area contributed by atoms with Crippen molar-refractivity contribution in [1.29, 1.82) is 0 Å². The number of nitrogens with zero attached hydrogens (tertiary/aromatic N) is 2. The average molecular weight is 625 g/mol. The average Bonchev–Trinajstić information content (AvgIpc) is 3.25. The van der Waals surface area contributed by atoms with Crippen LogP contribution in [-0.4, -0.2) is 40.4 Å². The highest BCUT2D eigenvalue weighted by atomic mass is 19.4. The number of esters is 1. The number of aryl methyl sites for hydroxylation is 1. The van der Waals surface area contributed by atoms with Crippen LogP contribution in [0, 0.1) is 17.8 Å². The number of carbonyl (C=O) groups is 3. The summed E-state index contributed by atoms with van der Waals surface area (Å²) >= 11 is 0. The van der Waals surface area contributed by atoms with Gasteiger partial charge in [0.1, 0.15) is 18.1 Å². The van der Waals surface area contributed by atoms with Crippen molar-refractivity contribution in [2.24, 2.45) is 10.8 Å². The molecule has 11 heteroatoms.